The second-order valence-corrected chi connectivity index (χ2v) is 9.71. The highest BCUT2D eigenvalue weighted by Crippen LogP contribution is 2.42. The molecule has 2 aromatic heterocycles. The third kappa shape index (κ3) is 3.87. The predicted molar refractivity (Wildman–Crippen MR) is 159 cm³/mol. The van der Waals surface area contributed by atoms with Gasteiger partial charge in [-0.3, -0.25) is 0 Å². The number of carbonyl (C=O) groups is 2. The summed E-state index contributed by atoms with van der Waals surface area (Å²) in [5.74, 6) is -1.03. The van der Waals surface area contributed by atoms with Gasteiger partial charge in [0, 0.05) is 32.7 Å². The second kappa shape index (κ2) is 9.68. The van der Waals surface area contributed by atoms with E-state index < -0.39 is 11.9 Å². The maximum Gasteiger partial charge on any atom is 0.338 e. The molecule has 41 heavy (non-hydrogen) atoms. The van der Waals surface area contributed by atoms with Crippen LogP contribution in [-0.4, -0.2) is 25.7 Å². The number of methoxy groups -OCH3 is 1. The average molecular weight is 541 g/mol. The van der Waals surface area contributed by atoms with Gasteiger partial charge in [0.15, 0.2) is 0 Å². The van der Waals surface area contributed by atoms with Crippen molar-refractivity contribution in [3.05, 3.63) is 108 Å². The standard InChI is InChI=1S/C35H24O6/c1-3-39-35(37)28-19-26(23-14-8-13-22-20-10-4-6-15-29(20)41-33(22)23)27(34(36)38-2)18-25(28)21-12-9-17-31-32(21)24-11-5-7-16-30(24)40-31/h4-19H,3H2,1-2H3. The molecule has 0 aliphatic rings. The van der Waals surface area contributed by atoms with Crippen molar-refractivity contribution >= 4 is 55.8 Å². The molecule has 2 heterocycles. The summed E-state index contributed by atoms with van der Waals surface area (Å²) >= 11 is 0. The van der Waals surface area contributed by atoms with E-state index in [4.69, 9.17) is 18.3 Å². The van der Waals surface area contributed by atoms with Crippen molar-refractivity contribution < 1.29 is 27.9 Å². The molecule has 5 aromatic carbocycles. The Morgan fingerprint density at radius 1 is 0.610 bits per heavy atom. The van der Waals surface area contributed by atoms with Crippen LogP contribution < -0.4 is 0 Å². The van der Waals surface area contributed by atoms with Gasteiger partial charge in [0.25, 0.3) is 0 Å². The van der Waals surface area contributed by atoms with E-state index in [-0.39, 0.29) is 6.61 Å². The van der Waals surface area contributed by atoms with Crippen LogP contribution in [0.15, 0.2) is 106 Å². The van der Waals surface area contributed by atoms with E-state index in [0.717, 1.165) is 38.3 Å². The van der Waals surface area contributed by atoms with Gasteiger partial charge in [0.05, 0.1) is 24.8 Å². The minimum Gasteiger partial charge on any atom is -0.465 e. The molecule has 0 aliphatic heterocycles. The molecule has 0 saturated carbocycles. The van der Waals surface area contributed by atoms with Crippen LogP contribution in [0.1, 0.15) is 27.6 Å². The molecule has 0 N–H and O–H groups in total. The molecule has 0 radical (unpaired) electrons. The van der Waals surface area contributed by atoms with Gasteiger partial charge in [0.2, 0.25) is 0 Å². The fraction of sp³-hybridized carbons (Fsp3) is 0.0857. The van der Waals surface area contributed by atoms with Crippen molar-refractivity contribution in [2.24, 2.45) is 0 Å². The van der Waals surface area contributed by atoms with Crippen molar-refractivity contribution in [2.45, 2.75) is 6.92 Å². The highest BCUT2D eigenvalue weighted by molar-refractivity contribution is 6.17. The monoisotopic (exact) mass is 540 g/mol. The first kappa shape index (κ1) is 24.7. The number of ether oxygens (including phenoxy) is 2. The summed E-state index contributed by atoms with van der Waals surface area (Å²) in [5.41, 5.74) is 5.84. The van der Waals surface area contributed by atoms with Crippen LogP contribution in [0, 0.1) is 0 Å². The van der Waals surface area contributed by atoms with E-state index in [1.807, 2.05) is 84.9 Å². The fourth-order valence-corrected chi connectivity index (χ4v) is 5.66. The highest BCUT2D eigenvalue weighted by Gasteiger charge is 2.26. The summed E-state index contributed by atoms with van der Waals surface area (Å²) in [6.07, 6.45) is 0. The first-order chi connectivity index (χ1) is 20.1. The number of fused-ring (bicyclic) bond motifs is 6. The lowest BCUT2D eigenvalue weighted by molar-refractivity contribution is 0.0525. The zero-order valence-electron chi connectivity index (χ0n) is 22.4. The molecule has 0 bridgehead atoms. The number of furan rings is 2. The van der Waals surface area contributed by atoms with Gasteiger partial charge in [0.1, 0.15) is 22.3 Å². The van der Waals surface area contributed by atoms with E-state index in [1.54, 1.807) is 19.1 Å². The third-order valence-electron chi connectivity index (χ3n) is 7.45. The van der Waals surface area contributed by atoms with Gasteiger partial charge in [-0.05, 0) is 48.4 Å². The number of hydrogen-bond acceptors (Lipinski definition) is 6. The minimum absolute atomic E-state index is 0.199. The molecule has 0 aliphatic carbocycles. The quantitative estimate of drug-likeness (QED) is 0.203. The van der Waals surface area contributed by atoms with Gasteiger partial charge >= 0.3 is 11.9 Å². The van der Waals surface area contributed by atoms with E-state index in [2.05, 4.69) is 0 Å². The Labute approximate surface area is 234 Å². The summed E-state index contributed by atoms with van der Waals surface area (Å²) in [7, 11) is 1.34. The van der Waals surface area contributed by atoms with Gasteiger partial charge < -0.3 is 18.3 Å². The molecule has 0 unspecified atom stereocenters. The zero-order chi connectivity index (χ0) is 28.1. The van der Waals surface area contributed by atoms with Crippen LogP contribution in [0.3, 0.4) is 0 Å². The molecule has 6 heteroatoms. The minimum atomic E-state index is -0.533. The van der Waals surface area contributed by atoms with Crippen molar-refractivity contribution in [1.29, 1.82) is 0 Å². The van der Waals surface area contributed by atoms with Crippen LogP contribution >= 0.6 is 0 Å². The van der Waals surface area contributed by atoms with Crippen molar-refractivity contribution in [3.63, 3.8) is 0 Å². The number of carbonyl (C=O) groups excluding carboxylic acids is 2. The van der Waals surface area contributed by atoms with E-state index in [1.165, 1.54) is 7.11 Å². The number of esters is 2. The number of para-hydroxylation sites is 3. The Bertz CT molecular complexity index is 2150. The number of rotatable bonds is 5. The third-order valence-corrected chi connectivity index (χ3v) is 7.45. The summed E-state index contributed by atoms with van der Waals surface area (Å²) in [6, 6.07) is 30.4. The lowest BCUT2D eigenvalue weighted by Gasteiger charge is -2.16. The van der Waals surface area contributed by atoms with E-state index >= 15 is 0 Å². The molecule has 7 aromatic rings. The Morgan fingerprint density at radius 2 is 1.20 bits per heavy atom. The largest absolute Gasteiger partial charge is 0.465 e. The fourth-order valence-electron chi connectivity index (χ4n) is 5.66. The lowest BCUT2D eigenvalue weighted by atomic mass is 9.88. The maximum absolute atomic E-state index is 13.5. The normalized spacial score (nSPS) is 11.5. The highest BCUT2D eigenvalue weighted by atomic mass is 16.5. The molecule has 7 rings (SSSR count). The van der Waals surface area contributed by atoms with Crippen molar-refractivity contribution in [1.82, 2.24) is 0 Å². The molecule has 0 fully saturated rings. The van der Waals surface area contributed by atoms with Gasteiger partial charge in [-0.2, -0.15) is 0 Å². The molecular weight excluding hydrogens is 516 g/mol. The second-order valence-electron chi connectivity index (χ2n) is 9.71. The van der Waals surface area contributed by atoms with E-state index in [9.17, 15) is 9.59 Å². The first-order valence-electron chi connectivity index (χ1n) is 13.3. The SMILES string of the molecule is CCOC(=O)c1cc(-c2cccc3c2oc2ccccc23)c(C(=O)OC)cc1-c1cccc2oc3ccccc3c12. The molecular formula is C35H24O6. The number of benzene rings is 5. The summed E-state index contributed by atoms with van der Waals surface area (Å²) in [5, 5.41) is 3.62. The first-order valence-corrected chi connectivity index (χ1v) is 13.3. The Balaban J connectivity index is 1.57. The maximum atomic E-state index is 13.5. The Kier molecular flexibility index (Phi) is 5.82. The zero-order valence-corrected chi connectivity index (χ0v) is 22.4. The Morgan fingerprint density at radius 3 is 1.95 bits per heavy atom. The molecule has 0 atom stereocenters. The van der Waals surface area contributed by atoms with Crippen molar-refractivity contribution in [2.75, 3.05) is 13.7 Å². The van der Waals surface area contributed by atoms with Crippen LogP contribution in [-0.2, 0) is 9.47 Å². The lowest BCUT2D eigenvalue weighted by Crippen LogP contribution is -2.11. The van der Waals surface area contributed by atoms with Crippen LogP contribution in [0.5, 0.6) is 0 Å². The van der Waals surface area contributed by atoms with Gasteiger partial charge in [-0.15, -0.1) is 0 Å². The van der Waals surface area contributed by atoms with Gasteiger partial charge in [-0.25, -0.2) is 9.59 Å². The summed E-state index contributed by atoms with van der Waals surface area (Å²) < 4.78 is 23.2. The smallest absolute Gasteiger partial charge is 0.338 e. The summed E-state index contributed by atoms with van der Waals surface area (Å²) in [4.78, 5) is 26.9. The van der Waals surface area contributed by atoms with Crippen LogP contribution in [0.4, 0.5) is 0 Å². The average Bonchev–Trinajstić information content (AvgIpc) is 3.59. The molecule has 0 saturated heterocycles. The summed E-state index contributed by atoms with van der Waals surface area (Å²) in [6.45, 7) is 1.96. The van der Waals surface area contributed by atoms with Gasteiger partial charge in [-0.1, -0.05) is 66.7 Å². The predicted octanol–water partition coefficient (Wildman–Crippen LogP) is 8.78. The van der Waals surface area contributed by atoms with E-state index in [0.29, 0.717) is 39.0 Å². The van der Waals surface area contributed by atoms with Crippen molar-refractivity contribution in [3.8, 4) is 22.3 Å². The topological polar surface area (TPSA) is 78.9 Å². The Hall–Kier alpha value is -5.36. The molecule has 6 nitrogen and oxygen atoms in total. The van der Waals surface area contributed by atoms with Crippen LogP contribution in [0.25, 0.3) is 66.1 Å². The molecule has 0 amide bonds. The molecule has 200 valence electrons. The molecule has 0 spiro atoms. The van der Waals surface area contributed by atoms with Crippen LogP contribution in [0.2, 0.25) is 0 Å². The number of hydrogen-bond donors (Lipinski definition) is 0.